The molecule has 0 saturated carbocycles. The second kappa shape index (κ2) is 9.60. The SMILES string of the molecule is O=C(NCc1ccc(C(O)c2cccs2)s1)c1ccc(S(=O)(=O)N2CCOCC2)cc1. The van der Waals surface area contributed by atoms with Crippen LogP contribution in [0.3, 0.4) is 0 Å². The van der Waals surface area contributed by atoms with Gasteiger partial charge in [-0.2, -0.15) is 4.31 Å². The third kappa shape index (κ3) is 5.05. The fourth-order valence-electron chi connectivity index (χ4n) is 3.21. The van der Waals surface area contributed by atoms with Crippen molar-refractivity contribution in [3.63, 3.8) is 0 Å². The molecule has 1 saturated heterocycles. The number of nitrogens with one attached hydrogen (secondary N) is 1. The normalized spacial score (nSPS) is 16.2. The van der Waals surface area contributed by atoms with Gasteiger partial charge in [0.1, 0.15) is 6.10 Å². The van der Waals surface area contributed by atoms with Crippen molar-refractivity contribution in [2.75, 3.05) is 26.3 Å². The first-order valence-corrected chi connectivity index (χ1v) is 12.8. The van der Waals surface area contributed by atoms with Crippen molar-refractivity contribution in [2.45, 2.75) is 17.5 Å². The Hall–Kier alpha value is -2.08. The molecule has 4 rings (SSSR count). The number of amides is 1. The van der Waals surface area contributed by atoms with E-state index in [0.29, 0.717) is 38.4 Å². The Kier molecular flexibility index (Phi) is 6.85. The first-order chi connectivity index (χ1) is 14.9. The maximum atomic E-state index is 12.7. The zero-order valence-electron chi connectivity index (χ0n) is 16.6. The van der Waals surface area contributed by atoms with Gasteiger partial charge in [-0.05, 0) is 47.8 Å². The molecule has 31 heavy (non-hydrogen) atoms. The van der Waals surface area contributed by atoms with Gasteiger partial charge in [0.05, 0.1) is 24.7 Å². The molecule has 1 aliphatic rings. The average Bonchev–Trinajstić information content (AvgIpc) is 3.50. The van der Waals surface area contributed by atoms with Crippen LogP contribution < -0.4 is 5.32 Å². The number of hydrogen-bond acceptors (Lipinski definition) is 7. The Balaban J connectivity index is 1.36. The highest BCUT2D eigenvalue weighted by Crippen LogP contribution is 2.30. The molecule has 0 aliphatic carbocycles. The second-order valence-corrected chi connectivity index (χ2v) is 11.1. The molecule has 1 atom stereocenters. The molecule has 7 nitrogen and oxygen atoms in total. The smallest absolute Gasteiger partial charge is 0.251 e. The fraction of sp³-hybridized carbons (Fsp3) is 0.286. The van der Waals surface area contributed by atoms with Crippen LogP contribution in [0, 0.1) is 0 Å². The summed E-state index contributed by atoms with van der Waals surface area (Å²) in [6, 6.07) is 13.5. The molecule has 164 valence electrons. The highest BCUT2D eigenvalue weighted by Gasteiger charge is 2.26. The minimum absolute atomic E-state index is 0.163. The summed E-state index contributed by atoms with van der Waals surface area (Å²) in [6.45, 7) is 1.75. The summed E-state index contributed by atoms with van der Waals surface area (Å²) in [4.78, 5) is 15.3. The van der Waals surface area contributed by atoms with Crippen LogP contribution in [0.25, 0.3) is 0 Å². The Morgan fingerprint density at radius 1 is 1.10 bits per heavy atom. The van der Waals surface area contributed by atoms with Crippen molar-refractivity contribution in [2.24, 2.45) is 0 Å². The first-order valence-electron chi connectivity index (χ1n) is 9.71. The molecular weight excluding hydrogens is 456 g/mol. The molecule has 2 N–H and O–H groups in total. The van der Waals surface area contributed by atoms with Crippen molar-refractivity contribution in [1.82, 2.24) is 9.62 Å². The zero-order valence-corrected chi connectivity index (χ0v) is 19.0. The van der Waals surface area contributed by atoms with E-state index in [2.05, 4.69) is 5.32 Å². The Labute approximate surface area is 189 Å². The Morgan fingerprint density at radius 3 is 2.52 bits per heavy atom. The number of thiophene rings is 2. The first kappa shape index (κ1) is 22.1. The topological polar surface area (TPSA) is 95.9 Å². The van der Waals surface area contributed by atoms with E-state index in [1.54, 1.807) is 0 Å². The van der Waals surface area contributed by atoms with Gasteiger partial charge in [0.2, 0.25) is 10.0 Å². The van der Waals surface area contributed by atoms with E-state index in [4.69, 9.17) is 4.74 Å². The van der Waals surface area contributed by atoms with Crippen LogP contribution in [0.2, 0.25) is 0 Å². The van der Waals surface area contributed by atoms with E-state index < -0.39 is 16.1 Å². The monoisotopic (exact) mass is 478 g/mol. The lowest BCUT2D eigenvalue weighted by molar-refractivity contribution is 0.0730. The van der Waals surface area contributed by atoms with Crippen LogP contribution in [0.1, 0.15) is 31.1 Å². The van der Waals surface area contributed by atoms with Gasteiger partial charge in [-0.15, -0.1) is 22.7 Å². The third-order valence-electron chi connectivity index (χ3n) is 4.91. The number of morpholine rings is 1. The van der Waals surface area contributed by atoms with E-state index in [1.165, 1.54) is 51.2 Å². The van der Waals surface area contributed by atoms with Gasteiger partial charge in [-0.1, -0.05) is 6.07 Å². The average molecular weight is 479 g/mol. The highest BCUT2D eigenvalue weighted by atomic mass is 32.2. The van der Waals surface area contributed by atoms with Gasteiger partial charge < -0.3 is 15.2 Å². The number of aliphatic hydroxyl groups is 1. The van der Waals surface area contributed by atoms with Crippen LogP contribution in [0.5, 0.6) is 0 Å². The fourth-order valence-corrected chi connectivity index (χ4v) is 6.37. The maximum absolute atomic E-state index is 12.7. The highest BCUT2D eigenvalue weighted by molar-refractivity contribution is 7.89. The number of carbonyl (C=O) groups excluding carboxylic acids is 1. The van der Waals surface area contributed by atoms with Crippen LogP contribution in [0.4, 0.5) is 0 Å². The number of benzene rings is 1. The summed E-state index contributed by atoms with van der Waals surface area (Å²) in [5, 5.41) is 15.2. The molecule has 0 radical (unpaired) electrons. The quantitative estimate of drug-likeness (QED) is 0.544. The molecule has 0 bridgehead atoms. The molecule has 0 spiro atoms. The summed E-state index contributed by atoms with van der Waals surface area (Å²) >= 11 is 2.94. The molecule has 2 aromatic heterocycles. The van der Waals surface area contributed by atoms with Crippen molar-refractivity contribution >= 4 is 38.6 Å². The standard InChI is InChI=1S/C21H22N2O5S3/c24-20(18-2-1-13-29-18)19-8-5-16(30-19)14-22-21(25)15-3-6-17(7-4-15)31(26,27)23-9-11-28-12-10-23/h1-8,13,20,24H,9-12,14H2,(H,22,25). The zero-order chi connectivity index (χ0) is 21.8. The van der Waals surface area contributed by atoms with Crippen molar-refractivity contribution in [1.29, 1.82) is 0 Å². The van der Waals surface area contributed by atoms with E-state index in [9.17, 15) is 18.3 Å². The summed E-state index contributed by atoms with van der Waals surface area (Å²) in [7, 11) is -3.58. The number of sulfonamides is 1. The van der Waals surface area contributed by atoms with E-state index in [0.717, 1.165) is 14.6 Å². The molecule has 1 unspecified atom stereocenters. The Morgan fingerprint density at radius 2 is 1.84 bits per heavy atom. The summed E-state index contributed by atoms with van der Waals surface area (Å²) in [5.74, 6) is -0.288. The molecule has 1 amide bonds. The summed E-state index contributed by atoms with van der Waals surface area (Å²) in [6.07, 6.45) is -0.657. The number of aliphatic hydroxyl groups excluding tert-OH is 1. The number of rotatable bonds is 7. The predicted octanol–water partition coefficient (Wildman–Crippen LogP) is 2.84. The lowest BCUT2D eigenvalue weighted by atomic mass is 10.2. The van der Waals surface area contributed by atoms with Crippen molar-refractivity contribution in [3.8, 4) is 0 Å². The van der Waals surface area contributed by atoms with Crippen LogP contribution in [-0.4, -0.2) is 50.0 Å². The largest absolute Gasteiger partial charge is 0.382 e. The molecule has 3 aromatic rings. The van der Waals surface area contributed by atoms with Gasteiger partial charge in [0.15, 0.2) is 0 Å². The van der Waals surface area contributed by atoms with Crippen LogP contribution >= 0.6 is 22.7 Å². The molecule has 1 fully saturated rings. The minimum Gasteiger partial charge on any atom is -0.382 e. The molecule has 1 aromatic carbocycles. The summed E-state index contributed by atoms with van der Waals surface area (Å²) < 4.78 is 31.9. The maximum Gasteiger partial charge on any atom is 0.251 e. The minimum atomic E-state index is -3.58. The van der Waals surface area contributed by atoms with E-state index >= 15 is 0 Å². The van der Waals surface area contributed by atoms with Crippen molar-refractivity contribution in [3.05, 3.63) is 74.1 Å². The van der Waals surface area contributed by atoms with Gasteiger partial charge in [0, 0.05) is 33.3 Å². The second-order valence-electron chi connectivity index (χ2n) is 6.95. The molecular formula is C21H22N2O5S3. The molecule has 10 heteroatoms. The van der Waals surface area contributed by atoms with Crippen LogP contribution in [-0.2, 0) is 21.3 Å². The van der Waals surface area contributed by atoms with E-state index in [-0.39, 0.29) is 10.8 Å². The lowest BCUT2D eigenvalue weighted by Crippen LogP contribution is -2.40. The molecule has 3 heterocycles. The van der Waals surface area contributed by atoms with Gasteiger partial charge in [-0.25, -0.2) is 8.42 Å². The summed E-state index contributed by atoms with van der Waals surface area (Å²) in [5.41, 5.74) is 0.385. The number of nitrogens with zero attached hydrogens (tertiary/aromatic N) is 1. The number of ether oxygens (including phenoxy) is 1. The predicted molar refractivity (Wildman–Crippen MR) is 120 cm³/mol. The van der Waals surface area contributed by atoms with Crippen molar-refractivity contribution < 1.29 is 23.1 Å². The van der Waals surface area contributed by atoms with E-state index in [1.807, 2.05) is 29.6 Å². The number of carbonyl (C=O) groups is 1. The number of hydrogen-bond donors (Lipinski definition) is 2. The lowest BCUT2D eigenvalue weighted by Gasteiger charge is -2.26. The van der Waals surface area contributed by atoms with Gasteiger partial charge in [0.25, 0.3) is 5.91 Å². The Bertz CT molecular complexity index is 1120. The van der Waals surface area contributed by atoms with Gasteiger partial charge in [-0.3, -0.25) is 4.79 Å². The third-order valence-corrected chi connectivity index (χ3v) is 8.89. The van der Waals surface area contributed by atoms with Gasteiger partial charge >= 0.3 is 0 Å². The molecule has 1 aliphatic heterocycles. The van der Waals surface area contributed by atoms with Crippen LogP contribution in [0.15, 0.2) is 58.8 Å².